The highest BCUT2D eigenvalue weighted by molar-refractivity contribution is 6.42. The van der Waals surface area contributed by atoms with Crippen LogP contribution in [0, 0.1) is 5.82 Å². The normalized spacial score (nSPS) is 14.7. The second-order valence-corrected chi connectivity index (χ2v) is 6.84. The summed E-state index contributed by atoms with van der Waals surface area (Å²) in [6.07, 6.45) is 0.993. The van der Waals surface area contributed by atoms with E-state index in [-0.39, 0.29) is 11.7 Å². The molecule has 1 fully saturated rings. The van der Waals surface area contributed by atoms with Crippen LogP contribution in [0.15, 0.2) is 42.5 Å². The molecule has 0 spiro atoms. The van der Waals surface area contributed by atoms with Crippen LogP contribution in [0.4, 0.5) is 10.1 Å². The number of rotatable bonds is 4. The van der Waals surface area contributed by atoms with Crippen LogP contribution in [-0.4, -0.2) is 37.0 Å². The van der Waals surface area contributed by atoms with Gasteiger partial charge in [-0.1, -0.05) is 35.3 Å². The van der Waals surface area contributed by atoms with E-state index in [9.17, 15) is 9.18 Å². The predicted molar refractivity (Wildman–Crippen MR) is 100.0 cm³/mol. The van der Waals surface area contributed by atoms with Gasteiger partial charge in [-0.25, -0.2) is 4.39 Å². The minimum Gasteiger partial charge on any atom is -0.368 e. The number of anilines is 1. The van der Waals surface area contributed by atoms with Crippen molar-refractivity contribution in [2.45, 2.75) is 12.8 Å². The molecule has 2 aromatic carbocycles. The van der Waals surface area contributed by atoms with Gasteiger partial charge < -0.3 is 9.80 Å². The van der Waals surface area contributed by atoms with Gasteiger partial charge in [0.2, 0.25) is 5.91 Å². The fourth-order valence-corrected chi connectivity index (χ4v) is 3.42. The summed E-state index contributed by atoms with van der Waals surface area (Å²) in [6.45, 7) is 2.82. The van der Waals surface area contributed by atoms with E-state index in [1.807, 2.05) is 17.0 Å². The number of hydrogen-bond donors (Lipinski definition) is 0. The van der Waals surface area contributed by atoms with Crippen LogP contribution in [0.2, 0.25) is 10.0 Å². The number of aryl methyl sites for hydroxylation is 1. The predicted octanol–water partition coefficient (Wildman–Crippen LogP) is 4.41. The van der Waals surface area contributed by atoms with Crippen LogP contribution in [0.5, 0.6) is 0 Å². The molecule has 3 rings (SSSR count). The third kappa shape index (κ3) is 4.44. The average Bonchev–Trinajstić information content (AvgIpc) is 2.63. The number of hydrogen-bond acceptors (Lipinski definition) is 2. The van der Waals surface area contributed by atoms with E-state index < -0.39 is 0 Å². The number of nitrogens with zero attached hydrogens (tertiary/aromatic N) is 2. The molecular weight excluding hydrogens is 362 g/mol. The molecule has 0 aliphatic carbocycles. The molecule has 0 aromatic heterocycles. The zero-order chi connectivity index (χ0) is 17.8. The van der Waals surface area contributed by atoms with E-state index in [4.69, 9.17) is 23.2 Å². The molecule has 0 atom stereocenters. The van der Waals surface area contributed by atoms with E-state index in [2.05, 4.69) is 4.90 Å². The van der Waals surface area contributed by atoms with Crippen molar-refractivity contribution in [1.82, 2.24) is 4.90 Å². The zero-order valence-corrected chi connectivity index (χ0v) is 15.2. The van der Waals surface area contributed by atoms with Crippen molar-refractivity contribution in [1.29, 1.82) is 0 Å². The third-order valence-corrected chi connectivity index (χ3v) is 5.32. The summed E-state index contributed by atoms with van der Waals surface area (Å²) in [4.78, 5) is 16.5. The maximum atomic E-state index is 13.0. The number of benzene rings is 2. The van der Waals surface area contributed by atoms with Gasteiger partial charge in [0.05, 0.1) is 10.0 Å². The van der Waals surface area contributed by atoms with Gasteiger partial charge >= 0.3 is 0 Å². The van der Waals surface area contributed by atoms with Crippen LogP contribution in [0.25, 0.3) is 0 Å². The van der Waals surface area contributed by atoms with E-state index in [0.29, 0.717) is 36.0 Å². The second kappa shape index (κ2) is 8.07. The van der Waals surface area contributed by atoms with Gasteiger partial charge in [0, 0.05) is 38.3 Å². The Morgan fingerprint density at radius 1 is 1.00 bits per heavy atom. The van der Waals surface area contributed by atoms with E-state index in [1.54, 1.807) is 18.2 Å². The summed E-state index contributed by atoms with van der Waals surface area (Å²) in [7, 11) is 0. The molecule has 0 N–H and O–H groups in total. The lowest BCUT2D eigenvalue weighted by atomic mass is 10.1. The molecule has 0 bridgehead atoms. The van der Waals surface area contributed by atoms with Gasteiger partial charge in [-0.3, -0.25) is 4.79 Å². The first-order valence-corrected chi connectivity index (χ1v) is 9.01. The lowest BCUT2D eigenvalue weighted by Gasteiger charge is -2.36. The van der Waals surface area contributed by atoms with E-state index in [0.717, 1.165) is 24.3 Å². The first-order valence-electron chi connectivity index (χ1n) is 8.26. The quantitative estimate of drug-likeness (QED) is 0.783. The van der Waals surface area contributed by atoms with Gasteiger partial charge in [-0.15, -0.1) is 0 Å². The third-order valence-electron chi connectivity index (χ3n) is 4.46. The van der Waals surface area contributed by atoms with E-state index >= 15 is 0 Å². The smallest absolute Gasteiger partial charge is 0.223 e. The molecule has 2 aromatic rings. The van der Waals surface area contributed by atoms with Crippen LogP contribution < -0.4 is 4.90 Å². The maximum Gasteiger partial charge on any atom is 0.223 e. The summed E-state index contributed by atoms with van der Waals surface area (Å²) in [5, 5.41) is 1.04. The lowest BCUT2D eigenvalue weighted by molar-refractivity contribution is -0.131. The summed E-state index contributed by atoms with van der Waals surface area (Å²) in [5.41, 5.74) is 1.88. The van der Waals surface area contributed by atoms with Crippen molar-refractivity contribution in [3.05, 3.63) is 63.9 Å². The molecule has 132 valence electrons. The van der Waals surface area contributed by atoms with Crippen LogP contribution in [0.3, 0.4) is 0 Å². The van der Waals surface area contributed by atoms with Crippen LogP contribution >= 0.6 is 23.2 Å². The van der Waals surface area contributed by atoms with Gasteiger partial charge in [-0.2, -0.15) is 0 Å². The van der Waals surface area contributed by atoms with E-state index in [1.165, 1.54) is 12.1 Å². The molecule has 1 aliphatic heterocycles. The summed E-state index contributed by atoms with van der Waals surface area (Å²) < 4.78 is 13.0. The maximum absolute atomic E-state index is 13.0. The SMILES string of the molecule is O=C(CCc1cccc(Cl)c1Cl)N1CCN(c2ccc(F)cc2)CC1. The van der Waals surface area contributed by atoms with Crippen molar-refractivity contribution in [2.24, 2.45) is 0 Å². The molecule has 1 amide bonds. The number of carbonyl (C=O) groups excluding carboxylic acids is 1. The minimum absolute atomic E-state index is 0.120. The Bertz CT molecular complexity index is 744. The Hall–Kier alpha value is -1.78. The fraction of sp³-hybridized carbons (Fsp3) is 0.316. The topological polar surface area (TPSA) is 23.6 Å². The molecular formula is C19H19Cl2FN2O. The Kier molecular flexibility index (Phi) is 5.82. The number of halogens is 3. The van der Waals surface area contributed by atoms with Crippen molar-refractivity contribution >= 4 is 34.8 Å². The highest BCUT2D eigenvalue weighted by Gasteiger charge is 2.21. The Labute approximate surface area is 156 Å². The fourth-order valence-electron chi connectivity index (χ4n) is 3.01. The summed E-state index contributed by atoms with van der Waals surface area (Å²) in [5.74, 6) is -0.118. The molecule has 25 heavy (non-hydrogen) atoms. The molecule has 1 heterocycles. The van der Waals surface area contributed by atoms with Crippen molar-refractivity contribution in [3.63, 3.8) is 0 Å². The Morgan fingerprint density at radius 2 is 1.68 bits per heavy atom. The summed E-state index contributed by atoms with van der Waals surface area (Å²) in [6, 6.07) is 11.9. The first kappa shape index (κ1) is 18.0. The van der Waals surface area contributed by atoms with Crippen LogP contribution in [0.1, 0.15) is 12.0 Å². The van der Waals surface area contributed by atoms with Gasteiger partial charge in [-0.05, 0) is 42.3 Å². The van der Waals surface area contributed by atoms with Gasteiger partial charge in [0.25, 0.3) is 0 Å². The number of carbonyl (C=O) groups is 1. The number of amides is 1. The largest absolute Gasteiger partial charge is 0.368 e. The van der Waals surface area contributed by atoms with Gasteiger partial charge in [0.15, 0.2) is 0 Å². The van der Waals surface area contributed by atoms with Crippen molar-refractivity contribution in [3.8, 4) is 0 Å². The zero-order valence-electron chi connectivity index (χ0n) is 13.7. The summed E-state index contributed by atoms with van der Waals surface area (Å²) >= 11 is 12.2. The molecule has 0 saturated carbocycles. The highest BCUT2D eigenvalue weighted by Crippen LogP contribution is 2.26. The average molecular weight is 381 g/mol. The first-order chi connectivity index (χ1) is 12.0. The number of piperazine rings is 1. The molecule has 1 saturated heterocycles. The van der Waals surface area contributed by atoms with Crippen LogP contribution in [-0.2, 0) is 11.2 Å². The molecule has 0 unspecified atom stereocenters. The van der Waals surface area contributed by atoms with Crippen molar-refractivity contribution in [2.75, 3.05) is 31.1 Å². The highest BCUT2D eigenvalue weighted by atomic mass is 35.5. The van der Waals surface area contributed by atoms with Crippen molar-refractivity contribution < 1.29 is 9.18 Å². The van der Waals surface area contributed by atoms with Gasteiger partial charge in [0.1, 0.15) is 5.82 Å². The Balaban J connectivity index is 1.51. The molecule has 1 aliphatic rings. The monoisotopic (exact) mass is 380 g/mol. The Morgan fingerprint density at radius 3 is 2.36 bits per heavy atom. The lowest BCUT2D eigenvalue weighted by Crippen LogP contribution is -2.48. The standard InChI is InChI=1S/C19H19Cl2FN2O/c20-17-3-1-2-14(19(17)21)4-9-18(25)24-12-10-23(11-13-24)16-7-5-15(22)6-8-16/h1-3,5-8H,4,9-13H2. The minimum atomic E-state index is -0.239. The molecule has 3 nitrogen and oxygen atoms in total. The molecule has 6 heteroatoms. The second-order valence-electron chi connectivity index (χ2n) is 6.06. The molecule has 0 radical (unpaired) electrons.